The summed E-state index contributed by atoms with van der Waals surface area (Å²) in [5.74, 6) is -0.101. The van der Waals surface area contributed by atoms with Gasteiger partial charge in [0.2, 0.25) is 11.8 Å². The number of benzene rings is 1. The SMILES string of the molecule is CC(C)N1CC2N(C(=O)CCN2S(C)=O)C(Cc2ccc(Cl)cc2)C1=O. The van der Waals surface area contributed by atoms with Crippen molar-refractivity contribution in [3.8, 4) is 0 Å². The van der Waals surface area contributed by atoms with E-state index < -0.39 is 17.0 Å². The van der Waals surface area contributed by atoms with E-state index in [1.165, 1.54) is 0 Å². The molecule has 8 heteroatoms. The van der Waals surface area contributed by atoms with E-state index in [1.807, 2.05) is 30.3 Å². The predicted octanol–water partition coefficient (Wildman–Crippen LogP) is 1.66. The van der Waals surface area contributed by atoms with Gasteiger partial charge in [0.15, 0.2) is 0 Å². The van der Waals surface area contributed by atoms with Crippen LogP contribution in [0.1, 0.15) is 25.8 Å². The summed E-state index contributed by atoms with van der Waals surface area (Å²) in [5.41, 5.74) is 0.944. The van der Waals surface area contributed by atoms with E-state index in [0.29, 0.717) is 24.5 Å². The van der Waals surface area contributed by atoms with Crippen LogP contribution in [-0.2, 0) is 27.0 Å². The van der Waals surface area contributed by atoms with Gasteiger partial charge in [0.25, 0.3) is 0 Å². The van der Waals surface area contributed by atoms with Crippen molar-refractivity contribution in [2.45, 2.75) is 44.9 Å². The molecule has 0 saturated carbocycles. The van der Waals surface area contributed by atoms with Crippen LogP contribution in [0.2, 0.25) is 5.02 Å². The number of piperazine rings is 1. The largest absolute Gasteiger partial charge is 0.335 e. The molecular formula is C18H24ClN3O3S. The van der Waals surface area contributed by atoms with E-state index >= 15 is 0 Å². The third-order valence-corrected chi connectivity index (χ3v) is 6.39. The van der Waals surface area contributed by atoms with Gasteiger partial charge in [0, 0.05) is 36.7 Å². The lowest BCUT2D eigenvalue weighted by Crippen LogP contribution is -2.71. The molecule has 142 valence electrons. The van der Waals surface area contributed by atoms with Crippen molar-refractivity contribution in [2.24, 2.45) is 0 Å². The Morgan fingerprint density at radius 3 is 2.46 bits per heavy atom. The average Bonchev–Trinajstić information content (AvgIpc) is 2.58. The van der Waals surface area contributed by atoms with Crippen LogP contribution in [0.25, 0.3) is 0 Å². The molecule has 0 aliphatic carbocycles. The Morgan fingerprint density at radius 1 is 1.23 bits per heavy atom. The molecule has 0 radical (unpaired) electrons. The van der Waals surface area contributed by atoms with Crippen molar-refractivity contribution in [2.75, 3.05) is 19.3 Å². The number of hydrogen-bond donors (Lipinski definition) is 0. The standard InChI is InChI=1S/C18H24ClN3O3S/c1-12(2)20-11-16-21(26(3)25)9-8-17(23)22(16)15(18(20)24)10-13-4-6-14(19)7-5-13/h4-7,12,15-16H,8-11H2,1-3H3. The predicted molar refractivity (Wildman–Crippen MR) is 102 cm³/mol. The molecule has 3 atom stereocenters. The van der Waals surface area contributed by atoms with E-state index in [0.717, 1.165) is 5.56 Å². The molecule has 2 aliphatic rings. The lowest BCUT2D eigenvalue weighted by Gasteiger charge is -2.52. The van der Waals surface area contributed by atoms with E-state index in [9.17, 15) is 13.8 Å². The van der Waals surface area contributed by atoms with Gasteiger partial charge in [-0.3, -0.25) is 9.59 Å². The van der Waals surface area contributed by atoms with Crippen LogP contribution in [0.3, 0.4) is 0 Å². The summed E-state index contributed by atoms with van der Waals surface area (Å²) in [6.45, 7) is 4.77. The molecule has 2 saturated heterocycles. The van der Waals surface area contributed by atoms with Gasteiger partial charge >= 0.3 is 0 Å². The fourth-order valence-corrected chi connectivity index (χ4v) is 4.71. The zero-order valence-electron chi connectivity index (χ0n) is 15.2. The normalized spacial score (nSPS) is 25.6. The second kappa shape index (κ2) is 7.66. The Morgan fingerprint density at radius 2 is 1.88 bits per heavy atom. The fourth-order valence-electron chi connectivity index (χ4n) is 3.72. The summed E-state index contributed by atoms with van der Waals surface area (Å²) < 4.78 is 14.0. The Hall–Kier alpha value is -1.44. The van der Waals surface area contributed by atoms with Crippen molar-refractivity contribution in [1.82, 2.24) is 14.1 Å². The van der Waals surface area contributed by atoms with Gasteiger partial charge in [-0.15, -0.1) is 0 Å². The van der Waals surface area contributed by atoms with Gasteiger partial charge in [-0.2, -0.15) is 0 Å². The third-order valence-electron chi connectivity index (χ3n) is 5.05. The van der Waals surface area contributed by atoms with Crippen LogP contribution in [0, 0.1) is 0 Å². The van der Waals surface area contributed by atoms with Crippen LogP contribution >= 0.6 is 11.6 Å². The van der Waals surface area contributed by atoms with E-state index in [2.05, 4.69) is 0 Å². The number of carbonyl (C=O) groups excluding carboxylic acids is 2. The van der Waals surface area contributed by atoms with Crippen molar-refractivity contribution in [3.63, 3.8) is 0 Å². The van der Waals surface area contributed by atoms with Gasteiger partial charge in [0.1, 0.15) is 12.2 Å². The maximum absolute atomic E-state index is 13.1. The van der Waals surface area contributed by atoms with E-state index in [-0.39, 0.29) is 30.4 Å². The highest BCUT2D eigenvalue weighted by molar-refractivity contribution is 7.81. The maximum Gasteiger partial charge on any atom is 0.246 e. The fraction of sp³-hybridized carbons (Fsp3) is 0.556. The number of fused-ring (bicyclic) bond motifs is 1. The van der Waals surface area contributed by atoms with Crippen molar-refractivity contribution >= 4 is 34.4 Å². The number of rotatable bonds is 4. The Labute approximate surface area is 161 Å². The zero-order valence-corrected chi connectivity index (χ0v) is 16.8. The number of nitrogens with zero attached hydrogens (tertiary/aromatic N) is 3. The zero-order chi connectivity index (χ0) is 19.0. The second-order valence-corrected chi connectivity index (χ2v) is 8.78. The first-order chi connectivity index (χ1) is 12.3. The topological polar surface area (TPSA) is 60.9 Å². The third kappa shape index (κ3) is 3.66. The van der Waals surface area contributed by atoms with Crippen LogP contribution in [0.15, 0.2) is 24.3 Å². The van der Waals surface area contributed by atoms with E-state index in [1.54, 1.807) is 28.2 Å². The molecule has 2 heterocycles. The van der Waals surface area contributed by atoms with Crippen LogP contribution in [0.5, 0.6) is 0 Å². The van der Waals surface area contributed by atoms with Crippen LogP contribution in [-0.4, -0.2) is 67.7 Å². The molecule has 3 rings (SSSR count). The summed E-state index contributed by atoms with van der Waals surface area (Å²) in [6.07, 6.45) is 1.98. The number of carbonyl (C=O) groups is 2. The van der Waals surface area contributed by atoms with Gasteiger partial charge in [0.05, 0.1) is 17.5 Å². The minimum Gasteiger partial charge on any atom is -0.335 e. The minimum absolute atomic E-state index is 0.0153. The molecule has 2 fully saturated rings. The maximum atomic E-state index is 13.1. The minimum atomic E-state index is -1.21. The Bertz CT molecular complexity index is 725. The van der Waals surface area contributed by atoms with Gasteiger partial charge in [-0.1, -0.05) is 23.7 Å². The molecule has 2 amide bonds. The van der Waals surface area contributed by atoms with Gasteiger partial charge < -0.3 is 9.80 Å². The average molecular weight is 398 g/mol. The highest BCUT2D eigenvalue weighted by atomic mass is 35.5. The van der Waals surface area contributed by atoms with Gasteiger partial charge in [-0.25, -0.2) is 8.51 Å². The molecule has 3 unspecified atom stereocenters. The van der Waals surface area contributed by atoms with Crippen LogP contribution in [0.4, 0.5) is 0 Å². The molecule has 1 aromatic rings. The summed E-state index contributed by atoms with van der Waals surface area (Å²) in [7, 11) is -1.21. The molecular weight excluding hydrogens is 374 g/mol. The second-order valence-electron chi connectivity index (χ2n) is 7.03. The van der Waals surface area contributed by atoms with E-state index in [4.69, 9.17) is 11.6 Å². The molecule has 1 aromatic carbocycles. The molecule has 2 aliphatic heterocycles. The monoisotopic (exact) mass is 397 g/mol. The highest BCUT2D eigenvalue weighted by Crippen LogP contribution is 2.29. The number of halogens is 1. The van der Waals surface area contributed by atoms with Crippen molar-refractivity contribution in [1.29, 1.82) is 0 Å². The molecule has 0 aromatic heterocycles. The molecule has 0 bridgehead atoms. The first kappa shape index (κ1) is 19.3. The number of hydrogen-bond acceptors (Lipinski definition) is 3. The van der Waals surface area contributed by atoms with Gasteiger partial charge in [-0.05, 0) is 31.5 Å². The lowest BCUT2D eigenvalue weighted by molar-refractivity contribution is -0.166. The molecule has 26 heavy (non-hydrogen) atoms. The highest BCUT2D eigenvalue weighted by Gasteiger charge is 2.48. The first-order valence-electron chi connectivity index (χ1n) is 8.76. The summed E-state index contributed by atoms with van der Waals surface area (Å²) in [4.78, 5) is 29.3. The molecule has 0 spiro atoms. The quantitative estimate of drug-likeness (QED) is 0.776. The van der Waals surface area contributed by atoms with Crippen molar-refractivity contribution < 1.29 is 13.8 Å². The molecule has 6 nitrogen and oxygen atoms in total. The number of amides is 2. The first-order valence-corrected chi connectivity index (χ1v) is 10.6. The lowest BCUT2D eigenvalue weighted by atomic mass is 9.97. The van der Waals surface area contributed by atoms with Crippen LogP contribution < -0.4 is 0 Å². The smallest absolute Gasteiger partial charge is 0.246 e. The molecule has 0 N–H and O–H groups in total. The summed E-state index contributed by atoms with van der Waals surface area (Å²) in [6, 6.07) is 6.75. The summed E-state index contributed by atoms with van der Waals surface area (Å²) >= 11 is 5.96. The Kier molecular flexibility index (Phi) is 5.69. The summed E-state index contributed by atoms with van der Waals surface area (Å²) in [5, 5.41) is 0.631. The van der Waals surface area contributed by atoms with Crippen molar-refractivity contribution in [3.05, 3.63) is 34.9 Å². The Balaban J connectivity index is 1.97.